The van der Waals surface area contributed by atoms with E-state index in [1.807, 2.05) is 55.1 Å². The van der Waals surface area contributed by atoms with E-state index in [9.17, 15) is 23.5 Å². The number of nitrogens with zero attached hydrogens (tertiary/aromatic N) is 3. The molecule has 0 saturated carbocycles. The van der Waals surface area contributed by atoms with Crippen molar-refractivity contribution >= 4 is 23.0 Å². The zero-order chi connectivity index (χ0) is 35.1. The number of hydrogen-bond donors (Lipinski definition) is 2. The molecule has 1 saturated heterocycles. The highest BCUT2D eigenvalue weighted by Gasteiger charge is 2.29. The molecule has 0 radical (unpaired) electrons. The number of halogens is 2. The van der Waals surface area contributed by atoms with Crippen LogP contribution in [0.2, 0.25) is 0 Å². The van der Waals surface area contributed by atoms with Crippen molar-refractivity contribution in [1.29, 1.82) is 0 Å². The number of nitrogens with one attached hydrogen (secondary N) is 1. The van der Waals surface area contributed by atoms with Crippen molar-refractivity contribution < 1.29 is 41.8 Å². The van der Waals surface area contributed by atoms with Gasteiger partial charge >= 0.3 is 18.6 Å². The zero-order valence-corrected chi connectivity index (χ0v) is 27.8. The topological polar surface area (TPSA) is 140 Å². The van der Waals surface area contributed by atoms with Gasteiger partial charge in [0.15, 0.2) is 5.58 Å². The lowest BCUT2D eigenvalue weighted by molar-refractivity contribution is -0.147. The van der Waals surface area contributed by atoms with Gasteiger partial charge in [-0.1, -0.05) is 24.3 Å². The molecule has 0 bridgehead atoms. The van der Waals surface area contributed by atoms with Crippen LogP contribution >= 0.6 is 0 Å². The summed E-state index contributed by atoms with van der Waals surface area (Å²) in [4.78, 5) is 35.4. The van der Waals surface area contributed by atoms with Crippen LogP contribution in [-0.2, 0) is 33.9 Å². The van der Waals surface area contributed by atoms with Crippen molar-refractivity contribution in [2.24, 2.45) is 0 Å². The van der Waals surface area contributed by atoms with Gasteiger partial charge in [0.25, 0.3) is 0 Å². The van der Waals surface area contributed by atoms with E-state index in [4.69, 9.17) is 23.3 Å². The first-order chi connectivity index (χ1) is 24.1. The molecular weight excluding hydrogens is 650 g/mol. The summed E-state index contributed by atoms with van der Waals surface area (Å²) < 4.78 is 49.2. The van der Waals surface area contributed by atoms with Crippen LogP contribution in [0, 0.1) is 13.8 Å². The molecule has 2 aliphatic heterocycles. The predicted octanol–water partition coefficient (Wildman–Crippen LogP) is 6.66. The van der Waals surface area contributed by atoms with Crippen molar-refractivity contribution in [1.82, 2.24) is 20.2 Å². The van der Waals surface area contributed by atoms with Gasteiger partial charge in [-0.15, -0.1) is 0 Å². The van der Waals surface area contributed by atoms with Gasteiger partial charge in [0.2, 0.25) is 11.8 Å². The molecule has 1 fully saturated rings. The van der Waals surface area contributed by atoms with Gasteiger partial charge in [-0.05, 0) is 80.6 Å². The average Bonchev–Trinajstić information content (AvgIpc) is 3.87. The maximum atomic E-state index is 13.4. The smallest absolute Gasteiger partial charge is 0.387 e. The SMILES string of the molecule is Cc1c(-c2nc3c(o2)CCN(C(C)C(=O)O)C3)cccc1-c1cccc(-c2nc3cc(COC(=O)[C@@H]4CCCN4)c(OC(F)F)cc3o2)c1C. The summed E-state index contributed by atoms with van der Waals surface area (Å²) in [6.07, 6.45) is 2.09. The molecule has 1 unspecified atom stereocenters. The van der Waals surface area contributed by atoms with Crippen molar-refractivity contribution in [3.63, 3.8) is 0 Å². The van der Waals surface area contributed by atoms with E-state index in [0.717, 1.165) is 52.2 Å². The number of benzene rings is 3. The molecule has 260 valence electrons. The number of oxazole rings is 2. The fourth-order valence-electron chi connectivity index (χ4n) is 6.71. The van der Waals surface area contributed by atoms with E-state index in [-0.39, 0.29) is 23.5 Å². The van der Waals surface area contributed by atoms with Crippen LogP contribution in [0.4, 0.5) is 8.78 Å². The highest BCUT2D eigenvalue weighted by Crippen LogP contribution is 2.39. The Labute approximate surface area is 286 Å². The Balaban J connectivity index is 1.18. The molecule has 2 atom stereocenters. The number of ether oxygens (including phenoxy) is 2. The van der Waals surface area contributed by atoms with Gasteiger partial charge in [0.1, 0.15) is 35.7 Å². The van der Waals surface area contributed by atoms with Crippen molar-refractivity contribution in [2.45, 2.75) is 71.9 Å². The fraction of sp³-hybridized carbons (Fsp3) is 0.351. The van der Waals surface area contributed by atoms with Crippen molar-refractivity contribution in [3.8, 4) is 39.8 Å². The largest absolute Gasteiger partial charge is 0.480 e. The first-order valence-corrected chi connectivity index (χ1v) is 16.5. The number of carbonyl (C=O) groups excluding carboxylic acids is 1. The molecule has 2 aliphatic rings. The quantitative estimate of drug-likeness (QED) is 0.152. The second-order valence-electron chi connectivity index (χ2n) is 12.7. The van der Waals surface area contributed by atoms with Gasteiger partial charge in [-0.2, -0.15) is 8.78 Å². The van der Waals surface area contributed by atoms with Crippen LogP contribution in [0.3, 0.4) is 0 Å². The molecule has 7 rings (SSSR count). The van der Waals surface area contributed by atoms with Gasteiger partial charge in [-0.25, -0.2) is 9.97 Å². The van der Waals surface area contributed by atoms with Gasteiger partial charge in [-0.3, -0.25) is 14.5 Å². The number of carbonyl (C=O) groups is 2. The standard InChI is InChI=1S/C37H36F2N4O7/c1-19-23(24-8-5-10-26(20(24)2)34-42-29-17-43(21(3)35(44)45)14-12-30(29)48-34)7-4-9-25(19)33-41-28-15-22(18-47-36(46)27-11-6-13-40-27)31(50-37(38)39)16-32(28)49-33/h4-5,7-10,15-16,21,27,37,40H,6,11-14,17-18H2,1-3H3,(H,44,45)/t21?,27-/m0/s1. The lowest BCUT2D eigenvalue weighted by atomic mass is 9.91. The van der Waals surface area contributed by atoms with E-state index in [0.29, 0.717) is 48.8 Å². The van der Waals surface area contributed by atoms with Crippen LogP contribution in [0.25, 0.3) is 45.1 Å². The number of carboxylic acid groups (broad SMARTS) is 1. The summed E-state index contributed by atoms with van der Waals surface area (Å²) in [5.74, 6) is 0.0643. The van der Waals surface area contributed by atoms with E-state index in [1.54, 1.807) is 13.0 Å². The Hall–Kier alpha value is -5.14. The lowest BCUT2D eigenvalue weighted by Gasteiger charge is -2.28. The maximum absolute atomic E-state index is 13.4. The maximum Gasteiger partial charge on any atom is 0.387 e. The Morgan fingerprint density at radius 2 is 1.70 bits per heavy atom. The Bertz CT molecular complexity index is 2090. The molecule has 0 aliphatic carbocycles. The third-order valence-electron chi connectivity index (χ3n) is 9.58. The summed E-state index contributed by atoms with van der Waals surface area (Å²) in [7, 11) is 0. The number of aromatic nitrogens is 2. The molecule has 11 nitrogen and oxygen atoms in total. The number of aliphatic carboxylic acids is 1. The molecule has 13 heteroatoms. The van der Waals surface area contributed by atoms with E-state index in [2.05, 4.69) is 10.3 Å². The third kappa shape index (κ3) is 6.46. The number of fused-ring (bicyclic) bond motifs is 2. The summed E-state index contributed by atoms with van der Waals surface area (Å²) >= 11 is 0. The van der Waals surface area contributed by atoms with E-state index in [1.165, 1.54) is 6.07 Å². The van der Waals surface area contributed by atoms with Crippen LogP contribution < -0.4 is 10.1 Å². The third-order valence-corrected chi connectivity index (χ3v) is 9.58. The normalized spacial score (nSPS) is 16.9. The van der Waals surface area contributed by atoms with Crippen LogP contribution in [0.5, 0.6) is 5.75 Å². The Morgan fingerprint density at radius 1 is 1.02 bits per heavy atom. The number of esters is 1. The van der Waals surface area contributed by atoms with Crippen LogP contribution in [0.1, 0.15) is 47.9 Å². The summed E-state index contributed by atoms with van der Waals surface area (Å²) in [5, 5.41) is 12.5. The molecule has 5 aromatic rings. The minimum Gasteiger partial charge on any atom is -0.480 e. The summed E-state index contributed by atoms with van der Waals surface area (Å²) in [6.45, 7) is 3.98. The van der Waals surface area contributed by atoms with Crippen molar-refractivity contribution in [3.05, 3.63) is 76.7 Å². The molecule has 50 heavy (non-hydrogen) atoms. The average molecular weight is 687 g/mol. The first kappa shape index (κ1) is 33.4. The minimum absolute atomic E-state index is 0.155. The number of carboxylic acids is 1. The predicted molar refractivity (Wildman–Crippen MR) is 179 cm³/mol. The molecule has 4 heterocycles. The molecule has 0 spiro atoms. The fourth-order valence-corrected chi connectivity index (χ4v) is 6.71. The second-order valence-corrected chi connectivity index (χ2v) is 12.7. The Morgan fingerprint density at radius 3 is 2.34 bits per heavy atom. The van der Waals surface area contributed by atoms with Crippen molar-refractivity contribution in [2.75, 3.05) is 13.1 Å². The highest BCUT2D eigenvalue weighted by atomic mass is 19.3. The molecule has 2 aromatic heterocycles. The van der Waals surface area contributed by atoms with Crippen LogP contribution in [0.15, 0.2) is 57.4 Å². The number of rotatable bonds is 10. The highest BCUT2D eigenvalue weighted by molar-refractivity contribution is 5.84. The van der Waals surface area contributed by atoms with E-state index < -0.39 is 30.6 Å². The molecular formula is C37H36F2N4O7. The van der Waals surface area contributed by atoms with Gasteiger partial charge in [0, 0.05) is 42.3 Å². The molecule has 0 amide bonds. The molecule has 2 N–H and O–H groups in total. The monoisotopic (exact) mass is 686 g/mol. The Kier molecular flexibility index (Phi) is 9.10. The summed E-state index contributed by atoms with van der Waals surface area (Å²) in [6, 6.07) is 13.5. The van der Waals surface area contributed by atoms with Crippen LogP contribution in [-0.4, -0.2) is 63.7 Å². The van der Waals surface area contributed by atoms with Gasteiger partial charge < -0.3 is 28.7 Å². The summed E-state index contributed by atoms with van der Waals surface area (Å²) in [5.41, 5.74) is 6.87. The molecule has 3 aromatic carbocycles. The van der Waals surface area contributed by atoms with Gasteiger partial charge in [0.05, 0.1) is 5.69 Å². The minimum atomic E-state index is -3.09. The number of alkyl halides is 2. The zero-order valence-electron chi connectivity index (χ0n) is 27.8. The number of hydrogen-bond acceptors (Lipinski definition) is 10. The second kappa shape index (κ2) is 13.6. The van der Waals surface area contributed by atoms with E-state index >= 15 is 0 Å². The lowest BCUT2D eigenvalue weighted by Crippen LogP contribution is -2.41. The first-order valence-electron chi connectivity index (χ1n) is 16.5.